The second kappa shape index (κ2) is 6.31. The number of hydrogen-bond donors (Lipinski definition) is 3. The number of nitrogens with two attached hydrogens (primary N) is 1. The van der Waals surface area contributed by atoms with Crippen LogP contribution in [-0.2, 0) is 9.59 Å². The highest BCUT2D eigenvalue weighted by atomic mass is 32.1. The first kappa shape index (κ1) is 12.8. The number of nitrogens with one attached hydrogen (secondary N) is 2. The van der Waals surface area contributed by atoms with Crippen molar-refractivity contribution in [3.8, 4) is 0 Å². The van der Waals surface area contributed by atoms with Crippen LogP contribution >= 0.6 is 12.2 Å². The first-order chi connectivity index (χ1) is 6.41. The van der Waals surface area contributed by atoms with E-state index >= 15 is 0 Å². The average molecular weight is 217 g/mol. The second-order valence-corrected chi connectivity index (χ2v) is 3.67. The third-order valence-corrected chi connectivity index (χ3v) is 1.37. The Morgan fingerprint density at radius 2 is 1.93 bits per heavy atom. The fourth-order valence-electron chi connectivity index (χ4n) is 0.773. The molecule has 0 aliphatic carbocycles. The molecule has 5 nitrogen and oxygen atoms in total. The summed E-state index contributed by atoms with van der Waals surface area (Å²) in [6.45, 7) is 3.64. The summed E-state index contributed by atoms with van der Waals surface area (Å²) in [7, 11) is 0. The Morgan fingerprint density at radius 1 is 1.36 bits per heavy atom. The molecule has 0 fully saturated rings. The van der Waals surface area contributed by atoms with E-state index in [2.05, 4.69) is 22.9 Å². The molecule has 0 aromatic rings. The summed E-state index contributed by atoms with van der Waals surface area (Å²) in [6.07, 6.45) is -0.0235. The molecule has 80 valence electrons. The Labute approximate surface area is 88.4 Å². The Bertz CT molecular complexity index is 241. The minimum absolute atomic E-state index is 0.0235. The van der Waals surface area contributed by atoms with Crippen LogP contribution in [0.4, 0.5) is 0 Å². The standard InChI is InChI=1S/C8H15N3O2S/c1-5(2)11-8(13)4-10-7(12)3-6(9)14/h5H,3-4H2,1-2H3,(H2,9,14)(H,10,12)(H,11,13). The van der Waals surface area contributed by atoms with Gasteiger partial charge in [-0.05, 0) is 13.8 Å². The van der Waals surface area contributed by atoms with Gasteiger partial charge in [-0.2, -0.15) is 0 Å². The topological polar surface area (TPSA) is 84.2 Å². The van der Waals surface area contributed by atoms with Gasteiger partial charge in [0.25, 0.3) is 0 Å². The highest BCUT2D eigenvalue weighted by Crippen LogP contribution is 1.80. The van der Waals surface area contributed by atoms with Crippen molar-refractivity contribution in [3.63, 3.8) is 0 Å². The molecular formula is C8H15N3O2S. The lowest BCUT2D eigenvalue weighted by Gasteiger charge is -2.08. The van der Waals surface area contributed by atoms with Gasteiger partial charge in [-0.3, -0.25) is 9.59 Å². The van der Waals surface area contributed by atoms with E-state index in [-0.39, 0.29) is 35.8 Å². The molecule has 0 aromatic heterocycles. The largest absolute Gasteiger partial charge is 0.393 e. The van der Waals surface area contributed by atoms with Crippen molar-refractivity contribution >= 4 is 29.0 Å². The molecule has 0 bridgehead atoms. The van der Waals surface area contributed by atoms with Crippen LogP contribution in [0.5, 0.6) is 0 Å². The molecule has 0 aliphatic heterocycles. The highest BCUT2D eigenvalue weighted by Gasteiger charge is 2.06. The number of amides is 2. The van der Waals surface area contributed by atoms with Gasteiger partial charge >= 0.3 is 0 Å². The molecule has 0 rings (SSSR count). The van der Waals surface area contributed by atoms with Crippen molar-refractivity contribution in [1.82, 2.24) is 10.6 Å². The molecule has 0 spiro atoms. The third kappa shape index (κ3) is 7.48. The van der Waals surface area contributed by atoms with Gasteiger partial charge in [0, 0.05) is 6.04 Å². The van der Waals surface area contributed by atoms with E-state index < -0.39 is 0 Å². The fraction of sp³-hybridized carbons (Fsp3) is 0.625. The van der Waals surface area contributed by atoms with E-state index in [9.17, 15) is 9.59 Å². The maximum Gasteiger partial charge on any atom is 0.239 e. The van der Waals surface area contributed by atoms with Crippen molar-refractivity contribution in [2.24, 2.45) is 5.73 Å². The van der Waals surface area contributed by atoms with Crippen LogP contribution in [0.3, 0.4) is 0 Å². The molecule has 0 saturated heterocycles. The molecule has 2 amide bonds. The SMILES string of the molecule is CC(C)NC(=O)CNC(=O)CC(N)=S. The quantitative estimate of drug-likeness (QED) is 0.532. The van der Waals surface area contributed by atoms with Crippen LogP contribution in [-0.4, -0.2) is 29.4 Å². The van der Waals surface area contributed by atoms with Crippen molar-refractivity contribution in [3.05, 3.63) is 0 Å². The lowest BCUT2D eigenvalue weighted by molar-refractivity contribution is -0.125. The monoisotopic (exact) mass is 217 g/mol. The summed E-state index contributed by atoms with van der Waals surface area (Å²) in [4.78, 5) is 22.2. The summed E-state index contributed by atoms with van der Waals surface area (Å²) in [6, 6.07) is 0.0648. The molecule has 0 radical (unpaired) electrons. The molecule has 0 heterocycles. The Kier molecular flexibility index (Phi) is 5.78. The van der Waals surface area contributed by atoms with E-state index in [4.69, 9.17) is 5.73 Å². The summed E-state index contributed by atoms with van der Waals surface area (Å²) in [5, 5.41) is 5.03. The summed E-state index contributed by atoms with van der Waals surface area (Å²) < 4.78 is 0. The molecule has 0 aromatic carbocycles. The van der Waals surface area contributed by atoms with Gasteiger partial charge in [0.15, 0.2) is 0 Å². The van der Waals surface area contributed by atoms with Crippen molar-refractivity contribution in [1.29, 1.82) is 0 Å². The predicted molar refractivity (Wildman–Crippen MR) is 57.7 cm³/mol. The lowest BCUT2D eigenvalue weighted by Crippen LogP contribution is -2.40. The smallest absolute Gasteiger partial charge is 0.239 e. The maximum atomic E-state index is 11.1. The molecule has 0 atom stereocenters. The predicted octanol–water partition coefficient (Wildman–Crippen LogP) is -0.697. The highest BCUT2D eigenvalue weighted by molar-refractivity contribution is 7.80. The molecular weight excluding hydrogens is 202 g/mol. The molecule has 14 heavy (non-hydrogen) atoms. The number of rotatable bonds is 5. The van der Waals surface area contributed by atoms with Gasteiger partial charge in [0.2, 0.25) is 11.8 Å². The Morgan fingerprint density at radius 3 is 2.36 bits per heavy atom. The average Bonchev–Trinajstić information content (AvgIpc) is 1.98. The minimum Gasteiger partial charge on any atom is -0.393 e. The van der Waals surface area contributed by atoms with E-state index in [0.29, 0.717) is 0 Å². The van der Waals surface area contributed by atoms with Gasteiger partial charge < -0.3 is 16.4 Å². The normalized spacial score (nSPS) is 9.64. The Balaban J connectivity index is 3.67. The van der Waals surface area contributed by atoms with Crippen molar-refractivity contribution < 1.29 is 9.59 Å². The van der Waals surface area contributed by atoms with E-state index in [0.717, 1.165) is 0 Å². The number of thiocarbonyl (C=S) groups is 1. The van der Waals surface area contributed by atoms with Gasteiger partial charge in [-0.1, -0.05) is 12.2 Å². The third-order valence-electron chi connectivity index (χ3n) is 1.23. The molecule has 0 saturated carbocycles. The first-order valence-electron chi connectivity index (χ1n) is 4.26. The number of carbonyl (C=O) groups excluding carboxylic acids is 2. The summed E-state index contributed by atoms with van der Waals surface area (Å²) in [5.41, 5.74) is 5.15. The number of hydrogen-bond acceptors (Lipinski definition) is 3. The first-order valence-corrected chi connectivity index (χ1v) is 4.67. The van der Waals surface area contributed by atoms with Crippen LogP contribution < -0.4 is 16.4 Å². The molecule has 6 heteroatoms. The molecule has 0 aliphatic rings. The van der Waals surface area contributed by atoms with E-state index in [1.165, 1.54) is 0 Å². The zero-order valence-corrected chi connectivity index (χ0v) is 9.11. The zero-order chi connectivity index (χ0) is 11.1. The Hall–Kier alpha value is -1.17. The fourth-order valence-corrected chi connectivity index (χ4v) is 0.904. The van der Waals surface area contributed by atoms with Crippen LogP contribution in [0.25, 0.3) is 0 Å². The van der Waals surface area contributed by atoms with Crippen molar-refractivity contribution in [2.75, 3.05) is 6.54 Å². The maximum absolute atomic E-state index is 11.1. The minimum atomic E-state index is -0.337. The summed E-state index contributed by atoms with van der Waals surface area (Å²) >= 11 is 4.54. The van der Waals surface area contributed by atoms with Gasteiger partial charge in [-0.15, -0.1) is 0 Å². The van der Waals surface area contributed by atoms with Gasteiger partial charge in [0.05, 0.1) is 18.0 Å². The van der Waals surface area contributed by atoms with E-state index in [1.807, 2.05) is 13.8 Å². The zero-order valence-electron chi connectivity index (χ0n) is 8.29. The van der Waals surface area contributed by atoms with Crippen LogP contribution in [0, 0.1) is 0 Å². The van der Waals surface area contributed by atoms with Gasteiger partial charge in [0.1, 0.15) is 0 Å². The number of carbonyl (C=O) groups is 2. The van der Waals surface area contributed by atoms with E-state index in [1.54, 1.807) is 0 Å². The van der Waals surface area contributed by atoms with Crippen LogP contribution in [0.2, 0.25) is 0 Å². The summed E-state index contributed by atoms with van der Waals surface area (Å²) in [5.74, 6) is -0.562. The van der Waals surface area contributed by atoms with Crippen LogP contribution in [0.15, 0.2) is 0 Å². The van der Waals surface area contributed by atoms with Gasteiger partial charge in [-0.25, -0.2) is 0 Å². The molecule has 4 N–H and O–H groups in total. The lowest BCUT2D eigenvalue weighted by atomic mass is 10.3. The molecule has 0 unspecified atom stereocenters. The second-order valence-electron chi connectivity index (χ2n) is 3.14. The van der Waals surface area contributed by atoms with Crippen molar-refractivity contribution in [2.45, 2.75) is 26.3 Å². The van der Waals surface area contributed by atoms with Crippen LogP contribution in [0.1, 0.15) is 20.3 Å².